The van der Waals surface area contributed by atoms with E-state index in [2.05, 4.69) is 13.8 Å². The maximum absolute atomic E-state index is 5.95. The Morgan fingerprint density at radius 1 is 1.27 bits per heavy atom. The summed E-state index contributed by atoms with van der Waals surface area (Å²) in [4.78, 5) is 1.11. The molecule has 0 heterocycles. The summed E-state index contributed by atoms with van der Waals surface area (Å²) in [5.74, 6) is 1.40. The summed E-state index contributed by atoms with van der Waals surface area (Å²) in [6.07, 6.45) is 0. The fraction of sp³-hybridized carbons (Fsp3) is 0.455. The molecule has 0 bridgehead atoms. The number of nitrogens with two attached hydrogens (primary N) is 1. The molecule has 0 amide bonds. The molecule has 4 heteroatoms. The van der Waals surface area contributed by atoms with Crippen molar-refractivity contribution in [2.45, 2.75) is 24.8 Å². The third-order valence-electron chi connectivity index (χ3n) is 2.19. The first-order valence-electron chi connectivity index (χ1n) is 4.84. The van der Waals surface area contributed by atoms with Crippen LogP contribution in [0.15, 0.2) is 23.1 Å². The number of hydrogen-bond donors (Lipinski definition) is 1. The van der Waals surface area contributed by atoms with Crippen LogP contribution < -0.4 is 5.73 Å². The minimum Gasteiger partial charge on any atom is -0.327 e. The lowest BCUT2D eigenvalue weighted by Crippen LogP contribution is -2.28. The van der Waals surface area contributed by atoms with Crippen molar-refractivity contribution in [2.75, 3.05) is 5.75 Å². The van der Waals surface area contributed by atoms with Crippen LogP contribution in [0.2, 0.25) is 10.0 Å². The van der Waals surface area contributed by atoms with Crippen LogP contribution in [0.4, 0.5) is 0 Å². The van der Waals surface area contributed by atoms with Gasteiger partial charge in [-0.25, -0.2) is 0 Å². The molecule has 84 valence electrons. The Bertz CT molecular complexity index is 328. The highest BCUT2D eigenvalue weighted by molar-refractivity contribution is 7.99. The Morgan fingerprint density at radius 2 is 1.93 bits per heavy atom. The summed E-state index contributed by atoms with van der Waals surface area (Å²) in [6.45, 7) is 4.25. The van der Waals surface area contributed by atoms with Crippen molar-refractivity contribution in [2.24, 2.45) is 11.7 Å². The average Bonchev–Trinajstić information content (AvgIpc) is 2.19. The lowest BCUT2D eigenvalue weighted by Gasteiger charge is -2.14. The van der Waals surface area contributed by atoms with Gasteiger partial charge in [-0.1, -0.05) is 37.0 Å². The van der Waals surface area contributed by atoms with Crippen LogP contribution in [0.3, 0.4) is 0 Å². The van der Waals surface area contributed by atoms with Gasteiger partial charge in [-0.3, -0.25) is 0 Å². The second-order valence-corrected chi connectivity index (χ2v) is 5.70. The Balaban J connectivity index is 2.55. The molecular formula is C11H15Cl2NS. The van der Waals surface area contributed by atoms with E-state index in [4.69, 9.17) is 28.9 Å². The maximum Gasteiger partial charge on any atom is 0.0603 e. The smallest absolute Gasteiger partial charge is 0.0603 e. The maximum atomic E-state index is 5.95. The first-order valence-corrected chi connectivity index (χ1v) is 6.58. The second kappa shape index (κ2) is 6.00. The molecule has 1 nitrogen and oxygen atoms in total. The molecule has 1 unspecified atom stereocenters. The van der Waals surface area contributed by atoms with Gasteiger partial charge < -0.3 is 5.73 Å². The van der Waals surface area contributed by atoms with Gasteiger partial charge in [0.1, 0.15) is 0 Å². The fourth-order valence-corrected chi connectivity index (χ4v) is 2.45. The highest BCUT2D eigenvalue weighted by Gasteiger charge is 2.08. The Morgan fingerprint density at radius 3 is 2.47 bits per heavy atom. The molecule has 0 aromatic heterocycles. The Hall–Kier alpha value is 0.110. The van der Waals surface area contributed by atoms with Gasteiger partial charge in [0.15, 0.2) is 0 Å². The summed E-state index contributed by atoms with van der Waals surface area (Å²) >= 11 is 13.5. The van der Waals surface area contributed by atoms with Crippen LogP contribution in [0.5, 0.6) is 0 Å². The van der Waals surface area contributed by atoms with Crippen molar-refractivity contribution in [3.63, 3.8) is 0 Å². The van der Waals surface area contributed by atoms with Crippen LogP contribution in [-0.4, -0.2) is 11.8 Å². The van der Waals surface area contributed by atoms with Crippen molar-refractivity contribution in [3.05, 3.63) is 28.2 Å². The van der Waals surface area contributed by atoms with Crippen molar-refractivity contribution in [3.8, 4) is 0 Å². The van der Waals surface area contributed by atoms with Crippen LogP contribution in [0.25, 0.3) is 0 Å². The summed E-state index contributed by atoms with van der Waals surface area (Å²) in [7, 11) is 0. The monoisotopic (exact) mass is 263 g/mol. The van der Waals surface area contributed by atoms with E-state index in [1.165, 1.54) is 0 Å². The van der Waals surface area contributed by atoms with E-state index in [0.717, 1.165) is 10.6 Å². The SMILES string of the molecule is CC(C)C(N)CSc1ccc(Cl)c(Cl)c1. The number of benzene rings is 1. The van der Waals surface area contributed by atoms with E-state index in [1.807, 2.05) is 18.2 Å². The summed E-state index contributed by atoms with van der Waals surface area (Å²) in [5, 5.41) is 1.19. The van der Waals surface area contributed by atoms with Gasteiger partial charge in [0.2, 0.25) is 0 Å². The van der Waals surface area contributed by atoms with Crippen LogP contribution in [0, 0.1) is 5.92 Å². The van der Waals surface area contributed by atoms with Crippen LogP contribution in [-0.2, 0) is 0 Å². The topological polar surface area (TPSA) is 26.0 Å². The third kappa shape index (κ3) is 4.23. The first-order chi connectivity index (χ1) is 7.00. The van der Waals surface area contributed by atoms with Gasteiger partial charge in [-0.15, -0.1) is 11.8 Å². The zero-order valence-electron chi connectivity index (χ0n) is 8.84. The molecule has 1 atom stereocenters. The highest BCUT2D eigenvalue weighted by Crippen LogP contribution is 2.28. The quantitative estimate of drug-likeness (QED) is 0.829. The third-order valence-corrected chi connectivity index (χ3v) is 4.07. The molecule has 0 spiro atoms. The number of thioether (sulfide) groups is 1. The predicted octanol–water partition coefficient (Wildman–Crippen LogP) is 4.07. The molecule has 0 saturated carbocycles. The average molecular weight is 264 g/mol. The van der Waals surface area contributed by atoms with Gasteiger partial charge in [0.25, 0.3) is 0 Å². The Kier molecular flexibility index (Phi) is 5.27. The number of hydrogen-bond acceptors (Lipinski definition) is 2. The molecule has 0 saturated heterocycles. The first kappa shape index (κ1) is 13.2. The van der Waals surface area contributed by atoms with Gasteiger partial charge in [0, 0.05) is 16.7 Å². The lowest BCUT2D eigenvalue weighted by atomic mass is 10.1. The van der Waals surface area contributed by atoms with E-state index in [1.54, 1.807) is 11.8 Å². The molecule has 0 aliphatic heterocycles. The molecule has 1 aromatic rings. The normalized spacial score (nSPS) is 13.2. The van der Waals surface area contributed by atoms with Crippen LogP contribution in [0.1, 0.15) is 13.8 Å². The molecule has 0 radical (unpaired) electrons. The molecular weight excluding hydrogens is 249 g/mol. The zero-order valence-corrected chi connectivity index (χ0v) is 11.2. The number of rotatable bonds is 4. The van der Waals surface area contributed by atoms with E-state index in [0.29, 0.717) is 16.0 Å². The van der Waals surface area contributed by atoms with E-state index in [-0.39, 0.29) is 6.04 Å². The minimum atomic E-state index is 0.212. The predicted molar refractivity (Wildman–Crippen MR) is 70.0 cm³/mol. The van der Waals surface area contributed by atoms with Crippen molar-refractivity contribution in [1.29, 1.82) is 0 Å². The molecule has 0 aliphatic carbocycles. The fourth-order valence-electron chi connectivity index (χ4n) is 0.952. The number of halogens is 2. The van der Waals surface area contributed by atoms with Crippen molar-refractivity contribution < 1.29 is 0 Å². The molecule has 1 aromatic carbocycles. The minimum absolute atomic E-state index is 0.212. The van der Waals surface area contributed by atoms with Crippen molar-refractivity contribution in [1.82, 2.24) is 0 Å². The largest absolute Gasteiger partial charge is 0.327 e. The van der Waals surface area contributed by atoms with Crippen molar-refractivity contribution >= 4 is 35.0 Å². The van der Waals surface area contributed by atoms with Gasteiger partial charge in [0.05, 0.1) is 10.0 Å². The molecule has 1 rings (SSSR count). The summed E-state index contributed by atoms with van der Waals surface area (Å²) in [5.41, 5.74) is 5.95. The summed E-state index contributed by atoms with van der Waals surface area (Å²) < 4.78 is 0. The standard InChI is InChI=1S/C11H15Cl2NS/c1-7(2)11(14)6-15-8-3-4-9(12)10(13)5-8/h3-5,7,11H,6,14H2,1-2H3. The lowest BCUT2D eigenvalue weighted by molar-refractivity contribution is 0.535. The van der Waals surface area contributed by atoms with Gasteiger partial charge in [-0.2, -0.15) is 0 Å². The van der Waals surface area contributed by atoms with Gasteiger partial charge in [-0.05, 0) is 24.1 Å². The molecule has 15 heavy (non-hydrogen) atoms. The van der Waals surface area contributed by atoms with Crippen LogP contribution >= 0.6 is 35.0 Å². The second-order valence-electron chi connectivity index (χ2n) is 3.79. The van der Waals surface area contributed by atoms with E-state index in [9.17, 15) is 0 Å². The van der Waals surface area contributed by atoms with Gasteiger partial charge >= 0.3 is 0 Å². The molecule has 0 aliphatic rings. The zero-order chi connectivity index (χ0) is 11.4. The summed E-state index contributed by atoms with van der Waals surface area (Å²) in [6, 6.07) is 5.87. The molecule has 0 fully saturated rings. The Labute approximate surface area is 105 Å². The van der Waals surface area contributed by atoms with E-state index < -0.39 is 0 Å². The van der Waals surface area contributed by atoms with E-state index >= 15 is 0 Å². The highest BCUT2D eigenvalue weighted by atomic mass is 35.5. The molecule has 2 N–H and O–H groups in total.